The monoisotopic (exact) mass is 405 g/mol. The van der Waals surface area contributed by atoms with Gasteiger partial charge < -0.3 is 4.90 Å². The number of hydrogen-bond donors (Lipinski definition) is 0. The van der Waals surface area contributed by atoms with Crippen LogP contribution < -0.4 is 0 Å². The number of carbonyl (C=O) groups is 1. The number of amides is 1. The molecule has 2 aromatic rings. The third-order valence-electron chi connectivity index (χ3n) is 5.04. The first-order valence-corrected chi connectivity index (χ1v) is 11.3. The summed E-state index contributed by atoms with van der Waals surface area (Å²) in [5.41, 5.74) is 1.85. The molecule has 0 aliphatic carbocycles. The van der Waals surface area contributed by atoms with E-state index in [9.17, 15) is 13.2 Å². The Balaban J connectivity index is 1.61. The molecule has 1 aliphatic heterocycles. The topological polar surface area (TPSA) is 54.5 Å². The van der Waals surface area contributed by atoms with E-state index in [1.807, 2.05) is 18.2 Å². The van der Waals surface area contributed by atoms with Gasteiger partial charge in [0.05, 0.1) is 11.0 Å². The van der Waals surface area contributed by atoms with E-state index in [0.29, 0.717) is 30.0 Å². The summed E-state index contributed by atoms with van der Waals surface area (Å²) in [4.78, 5) is 14.3. The van der Waals surface area contributed by atoms with Crippen LogP contribution in [-0.2, 0) is 21.1 Å². The maximum absolute atomic E-state index is 12.7. The first-order chi connectivity index (χ1) is 13.0. The van der Waals surface area contributed by atoms with Gasteiger partial charge in [0, 0.05) is 24.5 Å². The zero-order chi connectivity index (χ0) is 19.3. The molecular formula is C21H24ClNO3S. The van der Waals surface area contributed by atoms with E-state index < -0.39 is 15.1 Å². The summed E-state index contributed by atoms with van der Waals surface area (Å²) >= 11 is 6.22. The smallest absolute Gasteiger partial charge is 0.222 e. The molecule has 1 heterocycles. The van der Waals surface area contributed by atoms with Gasteiger partial charge in [0.1, 0.15) is 0 Å². The minimum Gasteiger partial charge on any atom is -0.342 e. The molecule has 4 nitrogen and oxygen atoms in total. The second-order valence-electron chi connectivity index (χ2n) is 6.89. The van der Waals surface area contributed by atoms with Crippen LogP contribution in [-0.4, -0.2) is 38.1 Å². The summed E-state index contributed by atoms with van der Waals surface area (Å²) < 4.78 is 25.5. The second kappa shape index (κ2) is 8.89. The fourth-order valence-electron chi connectivity index (χ4n) is 3.53. The van der Waals surface area contributed by atoms with E-state index in [1.54, 1.807) is 29.2 Å². The molecule has 1 fully saturated rings. The van der Waals surface area contributed by atoms with Crippen LogP contribution in [0.4, 0.5) is 0 Å². The minimum absolute atomic E-state index is 0.0205. The van der Waals surface area contributed by atoms with Gasteiger partial charge >= 0.3 is 0 Å². The van der Waals surface area contributed by atoms with Crippen LogP contribution in [0.15, 0.2) is 54.6 Å². The van der Waals surface area contributed by atoms with Gasteiger partial charge in [0.15, 0.2) is 9.84 Å². The Morgan fingerprint density at radius 1 is 1.04 bits per heavy atom. The molecule has 1 aliphatic rings. The SMILES string of the molecule is O=C(CCCc1ccccc1)N1CCC(c2ccccc2Cl)S(=O)(=O)CC1. The summed E-state index contributed by atoms with van der Waals surface area (Å²) in [6.07, 6.45) is 2.43. The molecule has 0 radical (unpaired) electrons. The van der Waals surface area contributed by atoms with E-state index in [4.69, 9.17) is 11.6 Å². The Hall–Kier alpha value is -1.85. The van der Waals surface area contributed by atoms with Crippen LogP contribution in [0.1, 0.15) is 35.6 Å². The molecule has 1 saturated heterocycles. The van der Waals surface area contributed by atoms with E-state index in [0.717, 1.165) is 12.8 Å². The zero-order valence-corrected chi connectivity index (χ0v) is 16.8. The highest BCUT2D eigenvalue weighted by Crippen LogP contribution is 2.33. The molecule has 2 aromatic carbocycles. The maximum Gasteiger partial charge on any atom is 0.222 e. The minimum atomic E-state index is -3.34. The molecule has 144 valence electrons. The molecule has 1 amide bonds. The third-order valence-corrected chi connectivity index (χ3v) is 7.50. The van der Waals surface area contributed by atoms with Gasteiger partial charge in [-0.05, 0) is 36.5 Å². The molecule has 0 saturated carbocycles. The van der Waals surface area contributed by atoms with Gasteiger partial charge in [0.25, 0.3) is 0 Å². The van der Waals surface area contributed by atoms with E-state index in [2.05, 4.69) is 12.1 Å². The molecule has 3 rings (SSSR count). The molecule has 1 atom stereocenters. The van der Waals surface area contributed by atoms with Crippen molar-refractivity contribution in [2.75, 3.05) is 18.8 Å². The normalized spacial score (nSPS) is 19.4. The van der Waals surface area contributed by atoms with Gasteiger partial charge in [-0.25, -0.2) is 8.42 Å². The van der Waals surface area contributed by atoms with Crippen molar-refractivity contribution in [1.82, 2.24) is 4.90 Å². The summed E-state index contributed by atoms with van der Waals surface area (Å²) in [5.74, 6) is 0.00813. The van der Waals surface area contributed by atoms with Gasteiger partial charge in [-0.15, -0.1) is 0 Å². The molecule has 0 bridgehead atoms. The van der Waals surface area contributed by atoms with Gasteiger partial charge in [-0.3, -0.25) is 4.79 Å². The van der Waals surface area contributed by atoms with Crippen LogP contribution in [0.5, 0.6) is 0 Å². The Labute approximate surface area is 166 Å². The van der Waals surface area contributed by atoms with Crippen molar-refractivity contribution < 1.29 is 13.2 Å². The zero-order valence-electron chi connectivity index (χ0n) is 15.2. The van der Waals surface area contributed by atoms with Crippen molar-refractivity contribution in [1.29, 1.82) is 0 Å². The quantitative estimate of drug-likeness (QED) is 0.753. The number of hydrogen-bond acceptors (Lipinski definition) is 3. The van der Waals surface area contributed by atoms with Gasteiger partial charge in [-0.2, -0.15) is 0 Å². The molecule has 6 heteroatoms. The predicted molar refractivity (Wildman–Crippen MR) is 109 cm³/mol. The number of aryl methyl sites for hydroxylation is 1. The second-order valence-corrected chi connectivity index (χ2v) is 9.60. The van der Waals surface area contributed by atoms with Crippen LogP contribution in [0.3, 0.4) is 0 Å². The van der Waals surface area contributed by atoms with Crippen LogP contribution in [0, 0.1) is 0 Å². The number of sulfone groups is 1. The van der Waals surface area contributed by atoms with Crippen molar-refractivity contribution in [2.24, 2.45) is 0 Å². The standard InChI is InChI=1S/C21H24ClNO3S/c22-19-11-5-4-10-18(19)20-13-14-23(15-16-27(20,25)26)21(24)12-6-9-17-7-2-1-3-8-17/h1-5,7-8,10-11,20H,6,9,12-16H2. The molecule has 0 spiro atoms. The average molecular weight is 406 g/mol. The molecule has 0 aromatic heterocycles. The number of carbonyl (C=O) groups excluding carboxylic acids is 1. The first kappa shape index (κ1) is 19.9. The van der Waals surface area contributed by atoms with Gasteiger partial charge in [-0.1, -0.05) is 60.1 Å². The summed E-state index contributed by atoms with van der Waals surface area (Å²) in [7, 11) is -3.34. The molecule has 0 N–H and O–H groups in total. The Morgan fingerprint density at radius 3 is 2.48 bits per heavy atom. The molecule has 1 unspecified atom stereocenters. The predicted octanol–water partition coefficient (Wildman–Crippen LogP) is 4.05. The lowest BCUT2D eigenvalue weighted by molar-refractivity contribution is -0.131. The Morgan fingerprint density at radius 2 is 1.74 bits per heavy atom. The third kappa shape index (κ3) is 5.11. The van der Waals surface area contributed by atoms with Crippen LogP contribution in [0.25, 0.3) is 0 Å². The Bertz CT molecular complexity index is 883. The molecular weight excluding hydrogens is 382 g/mol. The first-order valence-electron chi connectivity index (χ1n) is 9.25. The highest BCUT2D eigenvalue weighted by atomic mass is 35.5. The van der Waals surface area contributed by atoms with Crippen LogP contribution in [0.2, 0.25) is 5.02 Å². The van der Waals surface area contributed by atoms with Crippen molar-refractivity contribution in [3.63, 3.8) is 0 Å². The van der Waals surface area contributed by atoms with Crippen LogP contribution >= 0.6 is 11.6 Å². The highest BCUT2D eigenvalue weighted by Gasteiger charge is 2.33. The van der Waals surface area contributed by atoms with Crippen molar-refractivity contribution in [3.8, 4) is 0 Å². The van der Waals surface area contributed by atoms with Gasteiger partial charge in [0.2, 0.25) is 5.91 Å². The largest absolute Gasteiger partial charge is 0.342 e. The van der Waals surface area contributed by atoms with E-state index in [1.165, 1.54) is 5.56 Å². The van der Waals surface area contributed by atoms with Crippen molar-refractivity contribution in [3.05, 3.63) is 70.7 Å². The Kier molecular flexibility index (Phi) is 6.55. The van der Waals surface area contributed by atoms with E-state index in [-0.39, 0.29) is 18.2 Å². The lowest BCUT2D eigenvalue weighted by Gasteiger charge is -2.20. The number of halogens is 1. The average Bonchev–Trinajstić information content (AvgIpc) is 2.81. The summed E-state index contributed by atoms with van der Waals surface area (Å²) in [6.45, 7) is 0.701. The highest BCUT2D eigenvalue weighted by molar-refractivity contribution is 7.91. The molecule has 27 heavy (non-hydrogen) atoms. The fraction of sp³-hybridized carbons (Fsp3) is 0.381. The summed E-state index contributed by atoms with van der Waals surface area (Å²) in [5, 5.41) is -0.179. The maximum atomic E-state index is 12.7. The fourth-order valence-corrected chi connectivity index (χ4v) is 5.67. The summed E-state index contributed by atoms with van der Waals surface area (Å²) in [6, 6.07) is 17.1. The lowest BCUT2D eigenvalue weighted by Crippen LogP contribution is -2.33. The number of benzene rings is 2. The number of rotatable bonds is 5. The van der Waals surface area contributed by atoms with Crippen molar-refractivity contribution in [2.45, 2.75) is 30.9 Å². The van der Waals surface area contributed by atoms with E-state index >= 15 is 0 Å². The lowest BCUT2D eigenvalue weighted by atomic mass is 10.1. The van der Waals surface area contributed by atoms with Crippen molar-refractivity contribution >= 4 is 27.3 Å². The number of nitrogens with zero attached hydrogens (tertiary/aromatic N) is 1.